The van der Waals surface area contributed by atoms with Gasteiger partial charge in [0, 0.05) is 26.2 Å². The Hall–Kier alpha value is -2.24. The quantitative estimate of drug-likeness (QED) is 0.878. The second-order valence-corrected chi connectivity index (χ2v) is 6.57. The molecule has 1 fully saturated rings. The molecule has 1 heterocycles. The molecular weight excluding hydrogens is 319 g/mol. The molecule has 1 aliphatic heterocycles. The second kappa shape index (κ2) is 7.76. The van der Waals surface area contributed by atoms with Crippen LogP contribution in [-0.2, 0) is 13.1 Å². The van der Waals surface area contributed by atoms with Crippen LogP contribution in [0.5, 0.6) is 0 Å². The number of halogens is 1. The maximum absolute atomic E-state index is 14.1. The molecule has 2 aromatic carbocycles. The smallest absolute Gasteiger partial charge is 0.254 e. The number of aliphatic hydroxyl groups excluding tert-OH is 1. The maximum Gasteiger partial charge on any atom is 0.254 e. The van der Waals surface area contributed by atoms with Crippen molar-refractivity contribution >= 4 is 5.91 Å². The van der Waals surface area contributed by atoms with Gasteiger partial charge in [-0.15, -0.1) is 0 Å². The molecule has 2 N–H and O–H groups in total. The first-order valence-electron chi connectivity index (χ1n) is 8.55. The van der Waals surface area contributed by atoms with E-state index >= 15 is 0 Å². The zero-order chi connectivity index (χ0) is 17.8. The molecule has 0 aromatic heterocycles. The summed E-state index contributed by atoms with van der Waals surface area (Å²) in [6.07, 6.45) is 0.544. The van der Waals surface area contributed by atoms with E-state index in [2.05, 4.69) is 10.2 Å². The molecule has 3 rings (SSSR count). The van der Waals surface area contributed by atoms with Crippen LogP contribution in [0.2, 0.25) is 0 Å². The van der Waals surface area contributed by atoms with Crippen molar-refractivity contribution in [3.63, 3.8) is 0 Å². The Balaban J connectivity index is 1.67. The number of rotatable bonds is 5. The maximum atomic E-state index is 14.1. The van der Waals surface area contributed by atoms with Crippen LogP contribution in [0.15, 0.2) is 42.5 Å². The topological polar surface area (TPSA) is 52.6 Å². The number of aliphatic hydroxyl groups is 1. The molecule has 0 saturated carbocycles. The van der Waals surface area contributed by atoms with Gasteiger partial charge in [0.2, 0.25) is 0 Å². The summed E-state index contributed by atoms with van der Waals surface area (Å²) in [6, 6.07) is 12.7. The number of aryl methyl sites for hydroxylation is 1. The summed E-state index contributed by atoms with van der Waals surface area (Å²) in [5, 5.41) is 12.5. The van der Waals surface area contributed by atoms with Gasteiger partial charge in [0.1, 0.15) is 5.82 Å². The molecule has 5 heteroatoms. The van der Waals surface area contributed by atoms with Crippen LogP contribution in [0.25, 0.3) is 0 Å². The summed E-state index contributed by atoms with van der Waals surface area (Å²) in [4.78, 5) is 14.5. The molecule has 2 aromatic rings. The van der Waals surface area contributed by atoms with Gasteiger partial charge in [-0.25, -0.2) is 4.39 Å². The van der Waals surface area contributed by atoms with Gasteiger partial charge in [0.25, 0.3) is 5.91 Å². The standard InChI is InChI=1S/C20H23FN2O2/c1-14-5-4-8-18(19(14)21)20(25)22-11-15-6-2-3-7-16(15)12-23-10-9-17(24)13-23/h2-8,17,24H,9-13H2,1H3,(H,22,25)/t17-/m1/s1. The van der Waals surface area contributed by atoms with E-state index in [4.69, 9.17) is 0 Å². The Morgan fingerprint density at radius 1 is 1.24 bits per heavy atom. The van der Waals surface area contributed by atoms with Crippen LogP contribution >= 0.6 is 0 Å². The monoisotopic (exact) mass is 342 g/mol. The van der Waals surface area contributed by atoms with Crippen LogP contribution < -0.4 is 5.32 Å². The van der Waals surface area contributed by atoms with Gasteiger partial charge in [-0.05, 0) is 36.1 Å². The van der Waals surface area contributed by atoms with Crippen molar-refractivity contribution in [1.29, 1.82) is 0 Å². The molecule has 0 spiro atoms. The zero-order valence-electron chi connectivity index (χ0n) is 14.3. The van der Waals surface area contributed by atoms with Gasteiger partial charge in [-0.3, -0.25) is 9.69 Å². The number of nitrogens with zero attached hydrogens (tertiary/aromatic N) is 1. The van der Waals surface area contributed by atoms with Crippen molar-refractivity contribution < 1.29 is 14.3 Å². The van der Waals surface area contributed by atoms with Gasteiger partial charge in [0.05, 0.1) is 11.7 Å². The van der Waals surface area contributed by atoms with Crippen molar-refractivity contribution in [3.05, 3.63) is 70.5 Å². The molecule has 1 saturated heterocycles. The minimum absolute atomic E-state index is 0.0696. The summed E-state index contributed by atoms with van der Waals surface area (Å²) >= 11 is 0. The molecule has 0 aliphatic carbocycles. The van der Waals surface area contributed by atoms with Crippen LogP contribution in [0.1, 0.15) is 33.5 Å². The van der Waals surface area contributed by atoms with Crippen molar-refractivity contribution in [1.82, 2.24) is 10.2 Å². The van der Waals surface area contributed by atoms with E-state index in [1.807, 2.05) is 24.3 Å². The zero-order valence-corrected chi connectivity index (χ0v) is 14.3. The van der Waals surface area contributed by atoms with E-state index < -0.39 is 11.7 Å². The fraction of sp³-hybridized carbons (Fsp3) is 0.350. The van der Waals surface area contributed by atoms with Gasteiger partial charge < -0.3 is 10.4 Å². The SMILES string of the molecule is Cc1cccc(C(=O)NCc2ccccc2CN2CC[C@@H](O)C2)c1F. The number of nitrogens with one attached hydrogen (secondary N) is 1. The van der Waals surface area contributed by atoms with Gasteiger partial charge >= 0.3 is 0 Å². The molecule has 1 atom stereocenters. The molecule has 4 nitrogen and oxygen atoms in total. The molecule has 0 radical (unpaired) electrons. The summed E-state index contributed by atoms with van der Waals surface area (Å²) in [6.45, 7) is 4.28. The average molecular weight is 342 g/mol. The summed E-state index contributed by atoms with van der Waals surface area (Å²) in [5.74, 6) is -0.882. The molecular formula is C20H23FN2O2. The third kappa shape index (κ3) is 4.24. The second-order valence-electron chi connectivity index (χ2n) is 6.57. The third-order valence-corrected chi connectivity index (χ3v) is 4.64. The fourth-order valence-electron chi connectivity index (χ4n) is 3.17. The predicted molar refractivity (Wildman–Crippen MR) is 94.7 cm³/mol. The lowest BCUT2D eigenvalue weighted by Crippen LogP contribution is -2.26. The fourth-order valence-corrected chi connectivity index (χ4v) is 3.17. The highest BCUT2D eigenvalue weighted by Crippen LogP contribution is 2.17. The number of hydrogen-bond acceptors (Lipinski definition) is 3. The van der Waals surface area contributed by atoms with Crippen LogP contribution in [0, 0.1) is 12.7 Å². The van der Waals surface area contributed by atoms with Crippen LogP contribution in [0.3, 0.4) is 0 Å². The predicted octanol–water partition coefficient (Wildman–Crippen LogP) is 2.63. The number of β-amino-alcohol motifs (C(OH)–C–C–N with tert-alkyl or cyclic N) is 1. The lowest BCUT2D eigenvalue weighted by atomic mass is 10.1. The summed E-state index contributed by atoms with van der Waals surface area (Å²) < 4.78 is 14.1. The van der Waals surface area contributed by atoms with Crippen molar-refractivity contribution in [2.24, 2.45) is 0 Å². The molecule has 1 amide bonds. The third-order valence-electron chi connectivity index (χ3n) is 4.64. The minimum atomic E-state index is -0.473. The number of carbonyl (C=O) groups excluding carboxylic acids is 1. The van der Waals surface area contributed by atoms with Crippen molar-refractivity contribution in [3.8, 4) is 0 Å². The first kappa shape index (κ1) is 17.6. The number of likely N-dealkylation sites (tertiary alicyclic amines) is 1. The van der Waals surface area contributed by atoms with E-state index in [9.17, 15) is 14.3 Å². The lowest BCUT2D eigenvalue weighted by molar-refractivity contribution is 0.0946. The van der Waals surface area contributed by atoms with E-state index in [0.29, 0.717) is 18.7 Å². The van der Waals surface area contributed by atoms with E-state index in [1.165, 1.54) is 6.07 Å². The number of carbonyl (C=O) groups is 1. The highest BCUT2D eigenvalue weighted by Gasteiger charge is 2.21. The molecule has 1 aliphatic rings. The lowest BCUT2D eigenvalue weighted by Gasteiger charge is -2.18. The first-order chi connectivity index (χ1) is 12.0. The highest BCUT2D eigenvalue weighted by molar-refractivity contribution is 5.94. The highest BCUT2D eigenvalue weighted by atomic mass is 19.1. The van der Waals surface area contributed by atoms with Crippen molar-refractivity contribution in [2.75, 3.05) is 13.1 Å². The molecule has 132 valence electrons. The van der Waals surface area contributed by atoms with Gasteiger partial charge in [-0.2, -0.15) is 0 Å². The largest absolute Gasteiger partial charge is 0.392 e. The molecule has 0 unspecified atom stereocenters. The summed E-state index contributed by atoms with van der Waals surface area (Å²) in [7, 11) is 0. The molecule has 0 bridgehead atoms. The Labute approximate surface area is 147 Å². The van der Waals surface area contributed by atoms with Gasteiger partial charge in [0.15, 0.2) is 0 Å². The van der Waals surface area contributed by atoms with Crippen LogP contribution in [0.4, 0.5) is 4.39 Å². The van der Waals surface area contributed by atoms with E-state index in [1.54, 1.807) is 19.1 Å². The Morgan fingerprint density at radius 2 is 2.00 bits per heavy atom. The van der Waals surface area contributed by atoms with E-state index in [-0.39, 0.29) is 11.7 Å². The number of amides is 1. The Bertz CT molecular complexity index is 763. The minimum Gasteiger partial charge on any atom is -0.392 e. The molecule has 25 heavy (non-hydrogen) atoms. The Kier molecular flexibility index (Phi) is 5.46. The van der Waals surface area contributed by atoms with Crippen molar-refractivity contribution in [2.45, 2.75) is 32.5 Å². The summed E-state index contributed by atoms with van der Waals surface area (Å²) in [5.41, 5.74) is 2.65. The Morgan fingerprint density at radius 3 is 2.72 bits per heavy atom. The number of benzene rings is 2. The van der Waals surface area contributed by atoms with Gasteiger partial charge in [-0.1, -0.05) is 36.4 Å². The van der Waals surface area contributed by atoms with E-state index in [0.717, 1.165) is 30.6 Å². The van der Waals surface area contributed by atoms with Crippen LogP contribution in [-0.4, -0.2) is 35.1 Å². The number of hydrogen-bond donors (Lipinski definition) is 2. The first-order valence-corrected chi connectivity index (χ1v) is 8.55. The average Bonchev–Trinajstić information content (AvgIpc) is 3.01. The normalized spacial score (nSPS) is 17.6.